The lowest BCUT2D eigenvalue weighted by atomic mass is 9.88. The topological polar surface area (TPSA) is 52.6 Å². The van der Waals surface area contributed by atoms with Gasteiger partial charge in [-0.2, -0.15) is 0 Å². The Morgan fingerprint density at radius 3 is 2.29 bits per heavy atom. The van der Waals surface area contributed by atoms with Crippen molar-refractivity contribution in [1.29, 1.82) is 0 Å². The quantitative estimate of drug-likeness (QED) is 0.695. The Bertz CT molecular complexity index is 534. The van der Waals surface area contributed by atoms with Crippen molar-refractivity contribution in [2.75, 3.05) is 13.2 Å². The molecule has 1 aromatic rings. The zero-order valence-corrected chi connectivity index (χ0v) is 14.8. The standard InChI is InChI=1S/C20H28O4/c1-3-20(2,14-23-18(21)16-10-6-4-7-11-16)15-24-19(22)17-12-8-5-9-13-17/h4,6-7,10-11,17H,3,5,8-9,12-15H2,1-2H3. The minimum atomic E-state index is -0.352. The van der Waals surface area contributed by atoms with Gasteiger partial charge in [-0.05, 0) is 31.4 Å². The van der Waals surface area contributed by atoms with Crippen molar-refractivity contribution >= 4 is 11.9 Å². The number of benzene rings is 1. The van der Waals surface area contributed by atoms with Gasteiger partial charge in [-0.3, -0.25) is 4.79 Å². The number of rotatable bonds is 7. The van der Waals surface area contributed by atoms with Crippen LogP contribution in [0.3, 0.4) is 0 Å². The van der Waals surface area contributed by atoms with E-state index >= 15 is 0 Å². The molecule has 132 valence electrons. The van der Waals surface area contributed by atoms with Crippen molar-refractivity contribution in [3.63, 3.8) is 0 Å². The first-order chi connectivity index (χ1) is 11.5. The fourth-order valence-electron chi connectivity index (χ4n) is 2.84. The first kappa shape index (κ1) is 18.5. The minimum Gasteiger partial charge on any atom is -0.465 e. The number of ether oxygens (including phenoxy) is 2. The normalized spacial score (nSPS) is 17.8. The summed E-state index contributed by atoms with van der Waals surface area (Å²) in [6.45, 7) is 4.54. The predicted molar refractivity (Wildman–Crippen MR) is 92.7 cm³/mol. The molecule has 1 saturated carbocycles. The maximum atomic E-state index is 12.2. The van der Waals surface area contributed by atoms with Crippen LogP contribution in [-0.4, -0.2) is 25.2 Å². The molecule has 0 saturated heterocycles. The lowest BCUT2D eigenvalue weighted by Gasteiger charge is -2.28. The van der Waals surface area contributed by atoms with E-state index in [0.717, 1.165) is 32.1 Å². The van der Waals surface area contributed by atoms with E-state index in [0.29, 0.717) is 12.2 Å². The maximum Gasteiger partial charge on any atom is 0.338 e. The molecule has 2 rings (SSSR count). The highest BCUT2D eigenvalue weighted by molar-refractivity contribution is 5.89. The molecule has 1 fully saturated rings. The van der Waals surface area contributed by atoms with E-state index < -0.39 is 0 Å². The maximum absolute atomic E-state index is 12.2. The monoisotopic (exact) mass is 332 g/mol. The smallest absolute Gasteiger partial charge is 0.338 e. The average molecular weight is 332 g/mol. The summed E-state index contributed by atoms with van der Waals surface area (Å²) in [6.07, 6.45) is 6.08. The minimum absolute atomic E-state index is 0.0479. The Labute approximate surface area is 144 Å². The summed E-state index contributed by atoms with van der Waals surface area (Å²) in [5.74, 6) is -0.385. The fourth-order valence-corrected chi connectivity index (χ4v) is 2.84. The van der Waals surface area contributed by atoms with Crippen LogP contribution in [0.4, 0.5) is 0 Å². The lowest BCUT2D eigenvalue weighted by Crippen LogP contribution is -2.32. The van der Waals surface area contributed by atoms with E-state index in [2.05, 4.69) is 0 Å². The molecule has 0 aliphatic heterocycles. The molecule has 0 amide bonds. The number of hydrogen-bond acceptors (Lipinski definition) is 4. The van der Waals surface area contributed by atoms with Crippen LogP contribution in [-0.2, 0) is 14.3 Å². The van der Waals surface area contributed by atoms with E-state index in [1.54, 1.807) is 12.1 Å². The summed E-state index contributed by atoms with van der Waals surface area (Å²) in [7, 11) is 0. The van der Waals surface area contributed by atoms with Crippen LogP contribution in [0.25, 0.3) is 0 Å². The molecule has 0 heterocycles. The van der Waals surface area contributed by atoms with Gasteiger partial charge in [0.05, 0.1) is 18.1 Å². The summed E-state index contributed by atoms with van der Waals surface area (Å²) >= 11 is 0. The molecule has 4 nitrogen and oxygen atoms in total. The van der Waals surface area contributed by atoms with Crippen molar-refractivity contribution in [2.24, 2.45) is 11.3 Å². The molecule has 0 bridgehead atoms. The molecule has 0 spiro atoms. The second-order valence-electron chi connectivity index (χ2n) is 7.05. The van der Waals surface area contributed by atoms with E-state index in [-0.39, 0.29) is 29.9 Å². The van der Waals surface area contributed by atoms with Gasteiger partial charge in [0.2, 0.25) is 0 Å². The van der Waals surface area contributed by atoms with Crippen molar-refractivity contribution in [3.05, 3.63) is 35.9 Å². The lowest BCUT2D eigenvalue weighted by molar-refractivity contribution is -0.154. The highest BCUT2D eigenvalue weighted by Crippen LogP contribution is 2.27. The summed E-state index contributed by atoms with van der Waals surface area (Å²) in [4.78, 5) is 24.3. The summed E-state index contributed by atoms with van der Waals surface area (Å²) in [5.41, 5.74) is 0.185. The molecule has 24 heavy (non-hydrogen) atoms. The Morgan fingerprint density at radius 1 is 1.04 bits per heavy atom. The van der Waals surface area contributed by atoms with Crippen molar-refractivity contribution in [1.82, 2.24) is 0 Å². The van der Waals surface area contributed by atoms with Gasteiger partial charge in [-0.15, -0.1) is 0 Å². The number of hydrogen-bond donors (Lipinski definition) is 0. The largest absolute Gasteiger partial charge is 0.465 e. The van der Waals surface area contributed by atoms with Gasteiger partial charge in [-0.25, -0.2) is 4.79 Å². The predicted octanol–water partition coefficient (Wildman–Crippen LogP) is 4.38. The fraction of sp³-hybridized carbons (Fsp3) is 0.600. The zero-order valence-electron chi connectivity index (χ0n) is 14.8. The number of carbonyl (C=O) groups excluding carboxylic acids is 2. The van der Waals surface area contributed by atoms with Crippen molar-refractivity contribution in [3.8, 4) is 0 Å². The van der Waals surface area contributed by atoms with Crippen LogP contribution in [0.1, 0.15) is 62.7 Å². The number of esters is 2. The molecule has 0 N–H and O–H groups in total. The molecule has 1 aliphatic carbocycles. The van der Waals surface area contributed by atoms with E-state index in [9.17, 15) is 9.59 Å². The molecular weight excluding hydrogens is 304 g/mol. The second kappa shape index (κ2) is 8.86. The summed E-state index contributed by atoms with van der Waals surface area (Å²) < 4.78 is 11.0. The van der Waals surface area contributed by atoms with Crippen LogP contribution >= 0.6 is 0 Å². The van der Waals surface area contributed by atoms with Crippen molar-refractivity contribution in [2.45, 2.75) is 52.4 Å². The van der Waals surface area contributed by atoms with Gasteiger partial charge in [0.1, 0.15) is 6.61 Å². The first-order valence-corrected chi connectivity index (χ1v) is 8.93. The molecule has 1 atom stereocenters. The molecule has 1 unspecified atom stereocenters. The SMILES string of the molecule is CCC(C)(COC(=O)c1ccccc1)COC(=O)C1CCCCC1. The molecule has 0 radical (unpaired) electrons. The second-order valence-corrected chi connectivity index (χ2v) is 7.05. The van der Waals surface area contributed by atoms with Crippen molar-refractivity contribution < 1.29 is 19.1 Å². The highest BCUT2D eigenvalue weighted by Gasteiger charge is 2.29. The Morgan fingerprint density at radius 2 is 1.67 bits per heavy atom. The average Bonchev–Trinajstić information content (AvgIpc) is 2.65. The Balaban J connectivity index is 1.81. The van der Waals surface area contributed by atoms with Gasteiger partial charge in [0, 0.05) is 5.41 Å². The van der Waals surface area contributed by atoms with Gasteiger partial charge < -0.3 is 9.47 Å². The van der Waals surface area contributed by atoms with Crippen LogP contribution < -0.4 is 0 Å². The van der Waals surface area contributed by atoms with E-state index in [1.165, 1.54) is 6.42 Å². The summed E-state index contributed by atoms with van der Waals surface area (Å²) in [6, 6.07) is 8.93. The molecule has 0 aromatic heterocycles. The Hall–Kier alpha value is -1.84. The van der Waals surface area contributed by atoms with E-state index in [1.807, 2.05) is 32.0 Å². The van der Waals surface area contributed by atoms with Gasteiger partial charge in [0.25, 0.3) is 0 Å². The van der Waals surface area contributed by atoms with E-state index in [4.69, 9.17) is 9.47 Å². The van der Waals surface area contributed by atoms with Crippen LogP contribution in [0.5, 0.6) is 0 Å². The third-order valence-electron chi connectivity index (χ3n) is 4.92. The van der Waals surface area contributed by atoms with Crippen LogP contribution in [0.15, 0.2) is 30.3 Å². The molecule has 4 heteroatoms. The third kappa shape index (κ3) is 5.36. The zero-order chi connectivity index (χ0) is 17.4. The van der Waals surface area contributed by atoms with Gasteiger partial charge in [-0.1, -0.05) is 51.3 Å². The third-order valence-corrected chi connectivity index (χ3v) is 4.92. The molecule has 1 aromatic carbocycles. The van der Waals surface area contributed by atoms with Crippen LogP contribution in [0, 0.1) is 11.3 Å². The Kier molecular flexibility index (Phi) is 6.83. The van der Waals surface area contributed by atoms with Gasteiger partial charge >= 0.3 is 11.9 Å². The summed E-state index contributed by atoms with van der Waals surface area (Å²) in [5, 5.41) is 0. The highest BCUT2D eigenvalue weighted by atomic mass is 16.5. The van der Waals surface area contributed by atoms with Crippen LogP contribution in [0.2, 0.25) is 0 Å². The molecule has 1 aliphatic rings. The first-order valence-electron chi connectivity index (χ1n) is 8.93. The van der Waals surface area contributed by atoms with Gasteiger partial charge in [0.15, 0.2) is 0 Å². The number of carbonyl (C=O) groups is 2. The molecular formula is C20H28O4.